The van der Waals surface area contributed by atoms with Crippen LogP contribution in [0.1, 0.15) is 24.7 Å². The van der Waals surface area contributed by atoms with Crippen LogP contribution in [-0.4, -0.2) is 23.6 Å². The number of aryl methyl sites for hydroxylation is 2. The van der Waals surface area contributed by atoms with Gasteiger partial charge in [0, 0.05) is 18.2 Å². The maximum Gasteiger partial charge on any atom is 0.128 e. The molecule has 0 radical (unpaired) electrons. The van der Waals surface area contributed by atoms with Crippen LogP contribution in [0, 0.1) is 0 Å². The highest BCUT2D eigenvalue weighted by atomic mass is 14.9. The van der Waals surface area contributed by atoms with Crippen LogP contribution in [0.25, 0.3) is 11.3 Å². The zero-order valence-electron chi connectivity index (χ0n) is 11.7. The molecule has 0 atom stereocenters. The molecule has 2 rings (SSSR count). The molecule has 3 heteroatoms. The van der Waals surface area contributed by atoms with Crippen LogP contribution < -0.4 is 5.32 Å². The fourth-order valence-corrected chi connectivity index (χ4v) is 2.01. The maximum absolute atomic E-state index is 4.63. The van der Waals surface area contributed by atoms with Gasteiger partial charge in [-0.3, -0.25) is 0 Å². The number of hydrogen-bond acceptors (Lipinski definition) is 3. The molecule has 1 N–H and O–H groups in total. The van der Waals surface area contributed by atoms with Crippen LogP contribution >= 0.6 is 0 Å². The molecule has 0 fully saturated rings. The first-order valence-corrected chi connectivity index (χ1v) is 6.89. The van der Waals surface area contributed by atoms with Crippen molar-refractivity contribution in [2.75, 3.05) is 13.6 Å². The van der Waals surface area contributed by atoms with E-state index >= 15 is 0 Å². The van der Waals surface area contributed by atoms with E-state index in [1.54, 1.807) is 0 Å². The van der Waals surface area contributed by atoms with Gasteiger partial charge in [-0.25, -0.2) is 9.97 Å². The van der Waals surface area contributed by atoms with Gasteiger partial charge in [-0.05, 0) is 38.1 Å². The first-order valence-electron chi connectivity index (χ1n) is 6.89. The molecular formula is C16H21N3. The predicted octanol–water partition coefficient (Wildman–Crippen LogP) is 2.86. The highest BCUT2D eigenvalue weighted by Crippen LogP contribution is 2.17. The van der Waals surface area contributed by atoms with E-state index in [0.717, 1.165) is 42.9 Å². The lowest BCUT2D eigenvalue weighted by atomic mass is 10.1. The molecule has 0 aliphatic rings. The molecule has 1 heterocycles. The number of nitrogens with zero attached hydrogens (tertiary/aromatic N) is 2. The summed E-state index contributed by atoms with van der Waals surface area (Å²) in [5.41, 5.74) is 3.53. The number of nitrogens with one attached hydrogen (secondary N) is 1. The van der Waals surface area contributed by atoms with Crippen LogP contribution in [0.5, 0.6) is 0 Å². The summed E-state index contributed by atoms with van der Waals surface area (Å²) in [6, 6.07) is 10.6. The van der Waals surface area contributed by atoms with E-state index in [1.807, 2.05) is 19.3 Å². The van der Waals surface area contributed by atoms with Crippen molar-refractivity contribution in [1.29, 1.82) is 0 Å². The standard InChI is InChI=1S/C16H21N3/c1-3-13-6-8-14(9-7-13)15-10-12-18-16(19-15)5-4-11-17-2/h6-10,12,17H,3-5,11H2,1-2H3. The van der Waals surface area contributed by atoms with E-state index in [0.29, 0.717) is 0 Å². The minimum Gasteiger partial charge on any atom is -0.320 e. The largest absolute Gasteiger partial charge is 0.320 e. The van der Waals surface area contributed by atoms with Crippen LogP contribution in [0.2, 0.25) is 0 Å². The second-order valence-electron chi connectivity index (χ2n) is 4.62. The Kier molecular flexibility index (Phi) is 5.04. The molecule has 0 saturated heterocycles. The quantitative estimate of drug-likeness (QED) is 0.807. The molecule has 1 aromatic heterocycles. The lowest BCUT2D eigenvalue weighted by molar-refractivity contribution is 0.703. The van der Waals surface area contributed by atoms with Crippen molar-refractivity contribution in [2.24, 2.45) is 0 Å². The van der Waals surface area contributed by atoms with Crippen molar-refractivity contribution < 1.29 is 0 Å². The minimum absolute atomic E-state index is 0.918. The van der Waals surface area contributed by atoms with Crippen molar-refractivity contribution >= 4 is 0 Å². The Labute approximate surface area is 115 Å². The number of aromatic nitrogens is 2. The Morgan fingerprint density at radius 2 is 1.89 bits per heavy atom. The summed E-state index contributed by atoms with van der Waals surface area (Å²) in [6.45, 7) is 3.17. The van der Waals surface area contributed by atoms with E-state index in [1.165, 1.54) is 5.56 Å². The topological polar surface area (TPSA) is 37.8 Å². The summed E-state index contributed by atoms with van der Waals surface area (Å²) in [7, 11) is 1.96. The van der Waals surface area contributed by atoms with E-state index < -0.39 is 0 Å². The monoisotopic (exact) mass is 255 g/mol. The van der Waals surface area contributed by atoms with Crippen molar-refractivity contribution in [3.63, 3.8) is 0 Å². The van der Waals surface area contributed by atoms with Gasteiger partial charge in [0.25, 0.3) is 0 Å². The normalized spacial score (nSPS) is 10.6. The van der Waals surface area contributed by atoms with E-state index in [-0.39, 0.29) is 0 Å². The first-order chi connectivity index (χ1) is 9.33. The summed E-state index contributed by atoms with van der Waals surface area (Å²) in [5.74, 6) is 0.923. The molecular weight excluding hydrogens is 234 g/mol. The van der Waals surface area contributed by atoms with Gasteiger partial charge >= 0.3 is 0 Å². The lowest BCUT2D eigenvalue weighted by Crippen LogP contribution is -2.09. The SMILES string of the molecule is CCc1ccc(-c2ccnc(CCCNC)n2)cc1. The number of benzene rings is 1. The molecule has 0 amide bonds. The van der Waals surface area contributed by atoms with Gasteiger partial charge in [-0.1, -0.05) is 31.2 Å². The second kappa shape index (κ2) is 7.00. The average molecular weight is 255 g/mol. The zero-order chi connectivity index (χ0) is 13.5. The number of rotatable bonds is 6. The zero-order valence-corrected chi connectivity index (χ0v) is 11.7. The van der Waals surface area contributed by atoms with Crippen LogP contribution in [0.15, 0.2) is 36.5 Å². The maximum atomic E-state index is 4.63. The molecule has 0 aliphatic carbocycles. The second-order valence-corrected chi connectivity index (χ2v) is 4.62. The Morgan fingerprint density at radius 3 is 2.58 bits per heavy atom. The van der Waals surface area contributed by atoms with Crippen LogP contribution in [0.4, 0.5) is 0 Å². The van der Waals surface area contributed by atoms with Gasteiger partial charge in [0.15, 0.2) is 0 Å². The molecule has 0 saturated carbocycles. The molecule has 1 aromatic carbocycles. The third kappa shape index (κ3) is 3.86. The van der Waals surface area contributed by atoms with E-state index in [9.17, 15) is 0 Å². The molecule has 100 valence electrons. The summed E-state index contributed by atoms with van der Waals surface area (Å²) in [5, 5.41) is 3.14. The lowest BCUT2D eigenvalue weighted by Gasteiger charge is -2.05. The fraction of sp³-hybridized carbons (Fsp3) is 0.375. The third-order valence-corrected chi connectivity index (χ3v) is 3.19. The predicted molar refractivity (Wildman–Crippen MR) is 79.1 cm³/mol. The summed E-state index contributed by atoms with van der Waals surface area (Å²) < 4.78 is 0. The highest BCUT2D eigenvalue weighted by Gasteiger charge is 2.02. The van der Waals surface area contributed by atoms with Gasteiger partial charge in [0.05, 0.1) is 5.69 Å². The Bertz CT molecular complexity index is 506. The molecule has 0 spiro atoms. The van der Waals surface area contributed by atoms with Crippen LogP contribution in [0.3, 0.4) is 0 Å². The summed E-state index contributed by atoms with van der Waals surface area (Å²) in [6.07, 6.45) is 4.90. The molecule has 0 aliphatic heterocycles. The Morgan fingerprint density at radius 1 is 1.11 bits per heavy atom. The smallest absolute Gasteiger partial charge is 0.128 e. The molecule has 2 aromatic rings. The summed E-state index contributed by atoms with van der Waals surface area (Å²) >= 11 is 0. The van der Waals surface area contributed by atoms with Crippen molar-refractivity contribution in [3.8, 4) is 11.3 Å². The van der Waals surface area contributed by atoms with Gasteiger partial charge < -0.3 is 5.32 Å². The van der Waals surface area contributed by atoms with Gasteiger partial charge in [0.2, 0.25) is 0 Å². The van der Waals surface area contributed by atoms with Crippen molar-refractivity contribution in [3.05, 3.63) is 47.9 Å². The molecule has 3 nitrogen and oxygen atoms in total. The first kappa shape index (κ1) is 13.7. The Hall–Kier alpha value is -1.74. The van der Waals surface area contributed by atoms with Crippen molar-refractivity contribution in [1.82, 2.24) is 15.3 Å². The summed E-state index contributed by atoms with van der Waals surface area (Å²) in [4.78, 5) is 8.96. The third-order valence-electron chi connectivity index (χ3n) is 3.19. The molecule has 0 unspecified atom stereocenters. The van der Waals surface area contributed by atoms with E-state index in [4.69, 9.17) is 0 Å². The van der Waals surface area contributed by atoms with Crippen molar-refractivity contribution in [2.45, 2.75) is 26.2 Å². The molecule has 19 heavy (non-hydrogen) atoms. The Balaban J connectivity index is 2.12. The average Bonchev–Trinajstić information content (AvgIpc) is 2.48. The highest BCUT2D eigenvalue weighted by molar-refractivity contribution is 5.58. The van der Waals surface area contributed by atoms with Gasteiger partial charge in [-0.15, -0.1) is 0 Å². The number of hydrogen-bond donors (Lipinski definition) is 1. The molecule has 0 bridgehead atoms. The van der Waals surface area contributed by atoms with Gasteiger partial charge in [0.1, 0.15) is 5.82 Å². The fourth-order valence-electron chi connectivity index (χ4n) is 2.01. The minimum atomic E-state index is 0.918. The van der Waals surface area contributed by atoms with Crippen LogP contribution in [-0.2, 0) is 12.8 Å². The van der Waals surface area contributed by atoms with Gasteiger partial charge in [-0.2, -0.15) is 0 Å². The van der Waals surface area contributed by atoms with E-state index in [2.05, 4.69) is 46.5 Å².